The van der Waals surface area contributed by atoms with Gasteiger partial charge in [-0.3, -0.25) is 9.48 Å². The molecule has 2 heterocycles. The van der Waals surface area contributed by atoms with Crippen molar-refractivity contribution in [2.24, 2.45) is 7.05 Å². The number of carbonyl (C=O) groups excluding carboxylic acids is 1. The highest BCUT2D eigenvalue weighted by Gasteiger charge is 2.18. The van der Waals surface area contributed by atoms with Gasteiger partial charge in [0.05, 0.1) is 17.8 Å². The van der Waals surface area contributed by atoms with Crippen molar-refractivity contribution in [3.63, 3.8) is 0 Å². The molecule has 0 unspecified atom stereocenters. The molecule has 1 aromatic carbocycles. The van der Waals surface area contributed by atoms with Gasteiger partial charge in [-0.15, -0.1) is 0 Å². The minimum atomic E-state index is -0.184. The summed E-state index contributed by atoms with van der Waals surface area (Å²) in [5.74, 6) is 0.782. The Morgan fingerprint density at radius 2 is 2.12 bits per heavy atom. The van der Waals surface area contributed by atoms with Gasteiger partial charge in [0.25, 0.3) is 0 Å². The standard InChI is InChI=1S/C18H20ClN3O2/c1-4-24-17(23)8-6-15-12(2)20-21(3)18(15)22-10-9-13-11-14(19)5-7-16(13)22/h5,7,9-11H,4,6,8H2,1-3H3. The van der Waals surface area contributed by atoms with E-state index < -0.39 is 0 Å². The Hall–Kier alpha value is -2.27. The van der Waals surface area contributed by atoms with E-state index in [1.165, 1.54) is 0 Å². The Morgan fingerprint density at radius 1 is 1.33 bits per heavy atom. The molecule has 3 aromatic rings. The van der Waals surface area contributed by atoms with E-state index in [2.05, 4.69) is 9.67 Å². The number of hydrogen-bond donors (Lipinski definition) is 0. The van der Waals surface area contributed by atoms with Crippen LogP contribution in [0, 0.1) is 6.92 Å². The van der Waals surface area contributed by atoms with Gasteiger partial charge in [-0.25, -0.2) is 0 Å². The third-order valence-electron chi connectivity index (χ3n) is 4.08. The summed E-state index contributed by atoms with van der Waals surface area (Å²) in [6, 6.07) is 7.84. The number of nitrogens with zero attached hydrogens (tertiary/aromatic N) is 3. The number of esters is 1. The topological polar surface area (TPSA) is 49.0 Å². The van der Waals surface area contributed by atoms with Gasteiger partial charge in [0.2, 0.25) is 0 Å². The number of hydrogen-bond acceptors (Lipinski definition) is 3. The van der Waals surface area contributed by atoms with Crippen molar-refractivity contribution in [2.75, 3.05) is 6.61 Å². The molecule has 6 heteroatoms. The average molecular weight is 346 g/mol. The molecule has 0 amide bonds. The van der Waals surface area contributed by atoms with Crippen molar-refractivity contribution >= 4 is 28.5 Å². The summed E-state index contributed by atoms with van der Waals surface area (Å²) in [6.07, 6.45) is 2.95. The van der Waals surface area contributed by atoms with Crippen molar-refractivity contribution in [3.8, 4) is 5.82 Å². The van der Waals surface area contributed by atoms with Crippen LogP contribution in [0.5, 0.6) is 0 Å². The largest absolute Gasteiger partial charge is 0.466 e. The van der Waals surface area contributed by atoms with Crippen LogP contribution in [0.15, 0.2) is 30.5 Å². The number of ether oxygens (including phenoxy) is 1. The normalized spacial score (nSPS) is 11.2. The SMILES string of the molecule is CCOC(=O)CCc1c(C)nn(C)c1-n1ccc2cc(Cl)ccc21. The van der Waals surface area contributed by atoms with Gasteiger partial charge in [-0.1, -0.05) is 11.6 Å². The third-order valence-corrected chi connectivity index (χ3v) is 4.31. The number of halogens is 1. The fourth-order valence-electron chi connectivity index (χ4n) is 3.04. The predicted molar refractivity (Wildman–Crippen MR) is 94.7 cm³/mol. The van der Waals surface area contributed by atoms with E-state index in [0.717, 1.165) is 28.0 Å². The van der Waals surface area contributed by atoms with Crippen LogP contribution in [0.1, 0.15) is 24.6 Å². The van der Waals surface area contributed by atoms with Crippen LogP contribution >= 0.6 is 11.6 Å². The van der Waals surface area contributed by atoms with Crippen LogP contribution in [-0.2, 0) is 23.0 Å². The molecular weight excluding hydrogens is 326 g/mol. The minimum absolute atomic E-state index is 0.184. The quantitative estimate of drug-likeness (QED) is 0.660. The first-order valence-corrected chi connectivity index (χ1v) is 8.34. The van der Waals surface area contributed by atoms with Gasteiger partial charge in [-0.2, -0.15) is 5.10 Å². The van der Waals surface area contributed by atoms with Gasteiger partial charge in [0.15, 0.2) is 0 Å². The van der Waals surface area contributed by atoms with Crippen LogP contribution < -0.4 is 0 Å². The Balaban J connectivity index is 2.02. The molecule has 2 aromatic heterocycles. The molecule has 0 fully saturated rings. The molecule has 0 saturated heterocycles. The molecule has 0 N–H and O–H groups in total. The number of fused-ring (bicyclic) bond motifs is 1. The average Bonchev–Trinajstić information content (AvgIpc) is 3.05. The molecule has 0 bridgehead atoms. The fraction of sp³-hybridized carbons (Fsp3) is 0.333. The molecule has 3 rings (SSSR count). The number of carbonyl (C=O) groups is 1. The highest BCUT2D eigenvalue weighted by molar-refractivity contribution is 6.31. The van der Waals surface area contributed by atoms with Crippen molar-refractivity contribution in [1.29, 1.82) is 0 Å². The highest BCUT2D eigenvalue weighted by Crippen LogP contribution is 2.27. The second kappa shape index (κ2) is 6.69. The molecular formula is C18H20ClN3O2. The second-order valence-corrected chi connectivity index (χ2v) is 6.14. The van der Waals surface area contributed by atoms with E-state index in [9.17, 15) is 4.79 Å². The summed E-state index contributed by atoms with van der Waals surface area (Å²) in [5.41, 5.74) is 3.03. The zero-order valence-corrected chi connectivity index (χ0v) is 14.8. The van der Waals surface area contributed by atoms with Gasteiger partial charge < -0.3 is 9.30 Å². The molecule has 24 heavy (non-hydrogen) atoms. The second-order valence-electron chi connectivity index (χ2n) is 5.71. The lowest BCUT2D eigenvalue weighted by atomic mass is 10.1. The fourth-order valence-corrected chi connectivity index (χ4v) is 3.22. The molecule has 126 valence electrons. The maximum absolute atomic E-state index is 11.7. The van der Waals surface area contributed by atoms with E-state index in [-0.39, 0.29) is 5.97 Å². The first kappa shape index (κ1) is 16.6. The Bertz CT molecular complexity index is 895. The summed E-state index contributed by atoms with van der Waals surface area (Å²) < 4.78 is 8.98. The molecule has 0 saturated carbocycles. The molecule has 0 atom stereocenters. The number of rotatable bonds is 5. The maximum atomic E-state index is 11.7. The van der Waals surface area contributed by atoms with Crippen molar-refractivity contribution < 1.29 is 9.53 Å². The van der Waals surface area contributed by atoms with Gasteiger partial charge in [-0.05, 0) is 44.5 Å². The van der Waals surface area contributed by atoms with Crippen LogP contribution in [0.25, 0.3) is 16.7 Å². The molecule has 0 aliphatic carbocycles. The maximum Gasteiger partial charge on any atom is 0.306 e. The summed E-state index contributed by atoms with van der Waals surface area (Å²) >= 11 is 6.08. The van der Waals surface area contributed by atoms with E-state index in [1.54, 1.807) is 0 Å². The molecule has 0 aliphatic heterocycles. The minimum Gasteiger partial charge on any atom is -0.466 e. The number of aromatic nitrogens is 3. The summed E-state index contributed by atoms with van der Waals surface area (Å²) in [5, 5.41) is 6.31. The first-order valence-electron chi connectivity index (χ1n) is 7.96. The lowest BCUT2D eigenvalue weighted by Gasteiger charge is -2.10. The van der Waals surface area contributed by atoms with Crippen LogP contribution in [0.4, 0.5) is 0 Å². The Labute approximate surface area is 145 Å². The van der Waals surface area contributed by atoms with E-state index in [0.29, 0.717) is 24.5 Å². The van der Waals surface area contributed by atoms with Gasteiger partial charge in [0.1, 0.15) is 5.82 Å². The van der Waals surface area contributed by atoms with Crippen molar-refractivity contribution in [3.05, 3.63) is 46.7 Å². The van der Waals surface area contributed by atoms with Gasteiger partial charge >= 0.3 is 5.97 Å². The molecule has 0 aliphatic rings. The highest BCUT2D eigenvalue weighted by atomic mass is 35.5. The number of aryl methyl sites for hydroxylation is 2. The lowest BCUT2D eigenvalue weighted by Crippen LogP contribution is -2.08. The summed E-state index contributed by atoms with van der Waals surface area (Å²) in [7, 11) is 1.91. The smallest absolute Gasteiger partial charge is 0.306 e. The Kier molecular flexibility index (Phi) is 4.62. The van der Waals surface area contributed by atoms with Gasteiger partial charge in [0, 0.05) is 35.6 Å². The van der Waals surface area contributed by atoms with Crippen LogP contribution in [0.2, 0.25) is 5.02 Å². The summed E-state index contributed by atoms with van der Waals surface area (Å²) in [6.45, 7) is 4.18. The van der Waals surface area contributed by atoms with Crippen molar-refractivity contribution in [1.82, 2.24) is 14.3 Å². The zero-order chi connectivity index (χ0) is 17.3. The van der Waals surface area contributed by atoms with Crippen molar-refractivity contribution in [2.45, 2.75) is 26.7 Å². The third kappa shape index (κ3) is 3.04. The van der Waals surface area contributed by atoms with E-state index in [4.69, 9.17) is 16.3 Å². The Morgan fingerprint density at radius 3 is 2.88 bits per heavy atom. The molecule has 5 nitrogen and oxygen atoms in total. The van der Waals surface area contributed by atoms with Crippen LogP contribution in [0.3, 0.4) is 0 Å². The predicted octanol–water partition coefficient (Wildman–Crippen LogP) is 3.82. The summed E-state index contributed by atoms with van der Waals surface area (Å²) in [4.78, 5) is 11.7. The van der Waals surface area contributed by atoms with E-state index >= 15 is 0 Å². The van der Waals surface area contributed by atoms with Crippen LogP contribution in [-0.4, -0.2) is 26.9 Å². The zero-order valence-electron chi connectivity index (χ0n) is 14.0. The molecule has 0 radical (unpaired) electrons. The lowest BCUT2D eigenvalue weighted by molar-refractivity contribution is -0.143. The first-order chi connectivity index (χ1) is 11.5. The number of benzene rings is 1. The monoisotopic (exact) mass is 345 g/mol. The van der Waals surface area contributed by atoms with E-state index in [1.807, 2.05) is 56.0 Å². The molecule has 0 spiro atoms.